The molecule has 1 fully saturated rings. The summed E-state index contributed by atoms with van der Waals surface area (Å²) >= 11 is 1.34. The van der Waals surface area contributed by atoms with Gasteiger partial charge in [0.1, 0.15) is 23.9 Å². The summed E-state index contributed by atoms with van der Waals surface area (Å²) in [5.41, 5.74) is 5.95. The highest BCUT2D eigenvalue weighted by Crippen LogP contribution is 2.45. The molecule has 6 heteroatoms. The molecule has 3 atom stereocenters. The van der Waals surface area contributed by atoms with Gasteiger partial charge in [0.2, 0.25) is 0 Å². The van der Waals surface area contributed by atoms with Crippen molar-refractivity contribution in [2.24, 2.45) is 0 Å². The molecular formula is C36H43NO4S. The average molecular weight is 587 g/mol. The van der Waals surface area contributed by atoms with E-state index >= 15 is 0 Å². The Morgan fingerprint density at radius 1 is 1.02 bits per heavy atom. The second-order valence-corrected chi connectivity index (χ2v) is 13.2. The minimum absolute atomic E-state index is 0.0305. The molecule has 0 aliphatic carbocycles. The SMILES string of the molecule is [2H]c1c(O)c(C)c(C)c2c(C(=O)c3ccc(OCC(C)N4C(C)CCCC4C)c(C)c3C)c(-c3ccc(O)cc3C)sc12. The number of phenols is 2. The fourth-order valence-corrected chi connectivity index (χ4v) is 8.04. The molecule has 1 aromatic heterocycles. The van der Waals surface area contributed by atoms with E-state index in [0.29, 0.717) is 45.5 Å². The van der Waals surface area contributed by atoms with Crippen LogP contribution in [0.15, 0.2) is 36.4 Å². The summed E-state index contributed by atoms with van der Waals surface area (Å²) in [6.45, 7) is 17.0. The normalized spacial score (nSPS) is 18.7. The van der Waals surface area contributed by atoms with E-state index in [4.69, 9.17) is 6.11 Å². The van der Waals surface area contributed by atoms with Gasteiger partial charge in [-0.3, -0.25) is 9.69 Å². The number of carbonyl (C=O) groups is 1. The van der Waals surface area contributed by atoms with Crippen LogP contribution in [0.25, 0.3) is 20.5 Å². The van der Waals surface area contributed by atoms with Crippen molar-refractivity contribution in [3.05, 3.63) is 75.3 Å². The van der Waals surface area contributed by atoms with Crippen molar-refractivity contribution in [3.63, 3.8) is 0 Å². The predicted octanol–water partition coefficient (Wildman–Crippen LogP) is 8.78. The third-order valence-corrected chi connectivity index (χ3v) is 10.5. The number of nitrogens with zero attached hydrogens (tertiary/aromatic N) is 1. The lowest BCUT2D eigenvalue weighted by Gasteiger charge is -2.42. The van der Waals surface area contributed by atoms with Crippen molar-refractivity contribution in [2.45, 2.75) is 92.8 Å². The van der Waals surface area contributed by atoms with Crippen LogP contribution in [0.4, 0.5) is 0 Å². The maximum Gasteiger partial charge on any atom is 0.195 e. The van der Waals surface area contributed by atoms with Crippen molar-refractivity contribution in [3.8, 4) is 27.7 Å². The number of hydrogen-bond acceptors (Lipinski definition) is 6. The molecule has 2 heterocycles. The summed E-state index contributed by atoms with van der Waals surface area (Å²) in [5, 5.41) is 21.5. The first kappa shape index (κ1) is 28.8. The highest BCUT2D eigenvalue weighted by atomic mass is 32.1. The number of ketones is 1. The summed E-state index contributed by atoms with van der Waals surface area (Å²) in [6, 6.07) is 10.3. The number of aromatic hydroxyl groups is 2. The van der Waals surface area contributed by atoms with Gasteiger partial charge < -0.3 is 14.9 Å². The number of thiophene rings is 1. The molecule has 42 heavy (non-hydrogen) atoms. The van der Waals surface area contributed by atoms with E-state index in [-0.39, 0.29) is 29.4 Å². The Hall–Kier alpha value is -3.35. The lowest BCUT2D eigenvalue weighted by Crippen LogP contribution is -2.50. The predicted molar refractivity (Wildman–Crippen MR) is 174 cm³/mol. The Kier molecular flexibility index (Phi) is 8.03. The minimum Gasteiger partial charge on any atom is -0.508 e. The summed E-state index contributed by atoms with van der Waals surface area (Å²) < 4.78 is 15.7. The fraction of sp³-hybridized carbons (Fsp3) is 0.417. The van der Waals surface area contributed by atoms with E-state index in [1.165, 1.54) is 30.6 Å². The van der Waals surface area contributed by atoms with Crippen LogP contribution in [0.5, 0.6) is 17.2 Å². The Balaban J connectivity index is 1.57. The molecule has 0 spiro atoms. The number of fused-ring (bicyclic) bond motifs is 1. The zero-order chi connectivity index (χ0) is 31.3. The maximum atomic E-state index is 14.6. The number of rotatable bonds is 7. The molecule has 0 saturated carbocycles. The Bertz CT molecular complexity index is 1710. The highest BCUT2D eigenvalue weighted by molar-refractivity contribution is 7.23. The molecule has 0 bridgehead atoms. The van der Waals surface area contributed by atoms with E-state index in [2.05, 4.69) is 25.7 Å². The largest absolute Gasteiger partial charge is 0.508 e. The molecular weight excluding hydrogens is 542 g/mol. The second-order valence-electron chi connectivity index (χ2n) is 12.2. The number of carbonyl (C=O) groups excluding carboxylic acids is 1. The topological polar surface area (TPSA) is 70.0 Å². The number of benzene rings is 3. The number of piperidine rings is 1. The van der Waals surface area contributed by atoms with E-state index in [1.807, 2.05) is 45.9 Å². The Morgan fingerprint density at radius 2 is 1.71 bits per heavy atom. The number of phenolic OH excluding ortho intramolecular Hbond substituents is 2. The molecule has 1 saturated heterocycles. The molecule has 4 aromatic rings. The molecule has 222 valence electrons. The molecule has 1 aliphatic heterocycles. The number of aryl methyl sites for hydroxylation is 2. The van der Waals surface area contributed by atoms with Crippen LogP contribution in [-0.2, 0) is 0 Å². The molecule has 1 aliphatic rings. The smallest absolute Gasteiger partial charge is 0.195 e. The van der Waals surface area contributed by atoms with Crippen LogP contribution in [0.3, 0.4) is 0 Å². The number of ether oxygens (including phenoxy) is 1. The summed E-state index contributed by atoms with van der Waals surface area (Å²) in [4.78, 5) is 17.9. The highest BCUT2D eigenvalue weighted by Gasteiger charge is 2.30. The van der Waals surface area contributed by atoms with Gasteiger partial charge in [0.15, 0.2) is 5.78 Å². The van der Waals surface area contributed by atoms with E-state index < -0.39 is 0 Å². The standard InChI is InChI=1S/C36H43NO4S/c1-19-16-27(38)12-13-28(19)36-34(33-26(8)24(6)30(39)17-32(33)42-36)35(40)29-14-15-31(25(7)23(29)5)41-18-22(4)37-20(2)10-9-11-21(37)3/h12-17,20-22,38-39H,9-11,18H2,1-8H3/i17D. The summed E-state index contributed by atoms with van der Waals surface area (Å²) in [6.07, 6.45) is 3.71. The van der Waals surface area contributed by atoms with Gasteiger partial charge in [-0.15, -0.1) is 11.3 Å². The lowest BCUT2D eigenvalue weighted by atomic mass is 9.90. The minimum atomic E-state index is -0.127. The van der Waals surface area contributed by atoms with Crippen molar-refractivity contribution in [1.29, 1.82) is 0 Å². The molecule has 0 radical (unpaired) electrons. The third kappa shape index (κ3) is 5.31. The zero-order valence-corrected chi connectivity index (χ0v) is 26.8. The Morgan fingerprint density at radius 3 is 2.38 bits per heavy atom. The fourth-order valence-electron chi connectivity index (χ4n) is 6.69. The molecule has 0 amide bonds. The van der Waals surface area contributed by atoms with Crippen LogP contribution in [0.2, 0.25) is 0 Å². The van der Waals surface area contributed by atoms with E-state index in [1.54, 1.807) is 19.1 Å². The van der Waals surface area contributed by atoms with Gasteiger partial charge in [-0.1, -0.05) is 6.42 Å². The number of hydrogen-bond donors (Lipinski definition) is 2. The molecule has 5 rings (SSSR count). The van der Waals surface area contributed by atoms with E-state index in [0.717, 1.165) is 38.4 Å². The van der Waals surface area contributed by atoms with Crippen molar-refractivity contribution >= 4 is 27.2 Å². The molecule has 5 nitrogen and oxygen atoms in total. The molecule has 3 unspecified atom stereocenters. The monoisotopic (exact) mass is 586 g/mol. The zero-order valence-electron chi connectivity index (χ0n) is 27.0. The van der Waals surface area contributed by atoms with Crippen molar-refractivity contribution in [2.75, 3.05) is 6.61 Å². The second kappa shape index (κ2) is 11.7. The summed E-state index contributed by atoms with van der Waals surface area (Å²) in [7, 11) is 0. The van der Waals surface area contributed by atoms with Crippen LogP contribution >= 0.6 is 11.3 Å². The number of likely N-dealkylation sites (tertiary alicyclic amines) is 1. The van der Waals surface area contributed by atoms with Gasteiger partial charge in [-0.05, 0) is 138 Å². The first-order valence-corrected chi connectivity index (χ1v) is 15.7. The van der Waals surface area contributed by atoms with Gasteiger partial charge in [0.05, 0.1) is 1.37 Å². The first-order chi connectivity index (χ1) is 20.3. The van der Waals surface area contributed by atoms with Crippen LogP contribution < -0.4 is 4.74 Å². The van der Waals surface area contributed by atoms with Crippen molar-refractivity contribution < 1.29 is 21.1 Å². The van der Waals surface area contributed by atoms with Gasteiger partial charge in [-0.25, -0.2) is 0 Å². The molecule has 2 N–H and O–H groups in total. The maximum absolute atomic E-state index is 14.6. The van der Waals surface area contributed by atoms with Crippen molar-refractivity contribution in [1.82, 2.24) is 4.90 Å². The molecule has 3 aromatic carbocycles. The van der Waals surface area contributed by atoms with Gasteiger partial charge in [0.25, 0.3) is 0 Å². The van der Waals surface area contributed by atoms with Crippen LogP contribution in [0.1, 0.15) is 85.1 Å². The van der Waals surface area contributed by atoms with Crippen LogP contribution in [0, 0.1) is 34.6 Å². The van der Waals surface area contributed by atoms with Gasteiger partial charge in [0, 0.05) is 44.2 Å². The van der Waals surface area contributed by atoms with Gasteiger partial charge >= 0.3 is 0 Å². The van der Waals surface area contributed by atoms with Crippen LogP contribution in [-0.4, -0.2) is 45.6 Å². The lowest BCUT2D eigenvalue weighted by molar-refractivity contribution is 0.0396. The van der Waals surface area contributed by atoms with E-state index in [9.17, 15) is 15.0 Å². The first-order valence-electron chi connectivity index (χ1n) is 15.4. The third-order valence-electron chi connectivity index (χ3n) is 9.35. The summed E-state index contributed by atoms with van der Waals surface area (Å²) in [5.74, 6) is 0.753. The Labute approximate surface area is 255 Å². The average Bonchev–Trinajstić information content (AvgIpc) is 3.36. The quantitative estimate of drug-likeness (QED) is 0.212. The van der Waals surface area contributed by atoms with Gasteiger partial charge in [-0.2, -0.15) is 0 Å².